The van der Waals surface area contributed by atoms with Gasteiger partial charge in [0.1, 0.15) is 5.54 Å². The minimum atomic E-state index is -1.23. The van der Waals surface area contributed by atoms with Gasteiger partial charge >= 0.3 is 5.97 Å². The number of hydrogen-bond donors (Lipinski definition) is 3. The topological polar surface area (TPSA) is 130 Å². The number of nitrogens with two attached hydrogens (primary N) is 1. The number of fused-ring (bicyclic) bond motifs is 2. The van der Waals surface area contributed by atoms with Crippen LogP contribution in [0.1, 0.15) is 56.5 Å². The Bertz CT molecular complexity index is 1340. The number of halogens is 1. The van der Waals surface area contributed by atoms with Gasteiger partial charge in [-0.2, -0.15) is 0 Å². The molecule has 0 spiro atoms. The summed E-state index contributed by atoms with van der Waals surface area (Å²) in [7, 11) is 1.37. The fourth-order valence-corrected chi connectivity index (χ4v) is 6.33. The van der Waals surface area contributed by atoms with E-state index in [1.54, 1.807) is 18.2 Å². The Hall–Kier alpha value is -2.79. The number of ether oxygens (including phenoxy) is 1. The monoisotopic (exact) mass is 529 g/mol. The molecule has 1 aromatic carbocycles. The maximum absolute atomic E-state index is 13.6. The third-order valence-corrected chi connectivity index (χ3v) is 8.41. The van der Waals surface area contributed by atoms with Crippen molar-refractivity contribution in [2.75, 3.05) is 20.2 Å². The first-order valence-corrected chi connectivity index (χ1v) is 13.2. The number of rotatable bonds is 6. The van der Waals surface area contributed by atoms with E-state index in [4.69, 9.17) is 22.1 Å². The molecule has 4 N–H and O–H groups in total. The summed E-state index contributed by atoms with van der Waals surface area (Å²) < 4.78 is 4.76. The zero-order chi connectivity index (χ0) is 25.4. The first-order chi connectivity index (χ1) is 17.3. The Morgan fingerprint density at radius 2 is 2.17 bits per heavy atom. The molecule has 1 saturated carbocycles. The number of hydrogen-bond acceptors (Lipinski definition) is 8. The SMILES string of the molecule is COC(=O)CN1CCc2nc(C(=O)NC3CCCCC3(N)C(=O)c3cc4cc(Cl)ccc4[nH]3)sc2C1. The van der Waals surface area contributed by atoms with Crippen molar-refractivity contribution in [1.82, 2.24) is 20.2 Å². The molecule has 2 atom stereocenters. The first-order valence-electron chi connectivity index (χ1n) is 12.0. The van der Waals surface area contributed by atoms with Crippen molar-refractivity contribution in [2.45, 2.75) is 50.2 Å². The highest BCUT2D eigenvalue weighted by Gasteiger charge is 2.45. The zero-order valence-electron chi connectivity index (χ0n) is 19.9. The highest BCUT2D eigenvalue weighted by atomic mass is 35.5. The smallest absolute Gasteiger partial charge is 0.319 e. The number of nitrogens with one attached hydrogen (secondary N) is 2. The lowest BCUT2D eigenvalue weighted by molar-refractivity contribution is -0.142. The molecular weight excluding hydrogens is 502 g/mol. The number of aromatic nitrogens is 2. The van der Waals surface area contributed by atoms with Crippen molar-refractivity contribution in [1.29, 1.82) is 0 Å². The molecule has 2 aromatic heterocycles. The number of carbonyl (C=O) groups is 3. The molecule has 2 aliphatic rings. The van der Waals surface area contributed by atoms with E-state index >= 15 is 0 Å². The van der Waals surface area contributed by atoms with E-state index < -0.39 is 11.6 Å². The van der Waals surface area contributed by atoms with Gasteiger partial charge in [0.15, 0.2) is 5.01 Å². The molecule has 3 heterocycles. The standard InChI is InChI=1S/C25H28ClN5O4S/c1-35-21(32)13-31-9-7-17-19(12-31)36-24(29-17)23(34)30-20-4-2-3-8-25(20,27)22(33)18-11-14-10-15(26)5-6-16(14)28-18/h5-6,10-11,20,28H,2-4,7-9,12-13,27H2,1H3,(H,30,34). The molecule has 0 saturated heterocycles. The maximum atomic E-state index is 13.6. The number of aromatic amines is 1. The third-order valence-electron chi connectivity index (χ3n) is 7.10. The van der Waals surface area contributed by atoms with Crippen LogP contribution in [0.15, 0.2) is 24.3 Å². The van der Waals surface area contributed by atoms with Crippen molar-refractivity contribution >= 4 is 51.5 Å². The fraction of sp³-hybridized carbons (Fsp3) is 0.440. The van der Waals surface area contributed by atoms with E-state index in [-0.39, 0.29) is 24.2 Å². The van der Waals surface area contributed by atoms with E-state index in [1.165, 1.54) is 18.4 Å². The lowest BCUT2D eigenvalue weighted by atomic mass is 9.74. The molecular formula is C25H28ClN5O4S. The maximum Gasteiger partial charge on any atom is 0.319 e. The molecule has 1 fully saturated rings. The van der Waals surface area contributed by atoms with Gasteiger partial charge in [0.05, 0.1) is 31.1 Å². The number of thiazole rings is 1. The van der Waals surface area contributed by atoms with E-state index in [9.17, 15) is 14.4 Å². The van der Waals surface area contributed by atoms with Crippen molar-refractivity contribution in [2.24, 2.45) is 5.73 Å². The summed E-state index contributed by atoms with van der Waals surface area (Å²) in [5.41, 5.74) is 7.61. The number of H-pyrrole nitrogens is 1. The van der Waals surface area contributed by atoms with Crippen molar-refractivity contribution in [3.63, 3.8) is 0 Å². The molecule has 1 aliphatic heterocycles. The Morgan fingerprint density at radius 1 is 1.33 bits per heavy atom. The van der Waals surface area contributed by atoms with Crippen molar-refractivity contribution < 1.29 is 19.1 Å². The Kier molecular flexibility index (Phi) is 6.86. The van der Waals surface area contributed by atoms with Crippen LogP contribution in [-0.4, -0.2) is 64.3 Å². The quantitative estimate of drug-likeness (QED) is 0.330. The lowest BCUT2D eigenvalue weighted by Crippen LogP contribution is -2.64. The van der Waals surface area contributed by atoms with E-state index in [0.29, 0.717) is 48.1 Å². The Morgan fingerprint density at radius 3 is 2.97 bits per heavy atom. The molecule has 11 heteroatoms. The first kappa shape index (κ1) is 24.9. The second kappa shape index (κ2) is 9.93. The van der Waals surface area contributed by atoms with Gasteiger partial charge in [0.2, 0.25) is 5.78 Å². The molecule has 3 aromatic rings. The van der Waals surface area contributed by atoms with Gasteiger partial charge in [-0.3, -0.25) is 19.3 Å². The summed E-state index contributed by atoms with van der Waals surface area (Å²) in [4.78, 5) is 49.1. The molecule has 9 nitrogen and oxygen atoms in total. The minimum absolute atomic E-state index is 0.204. The largest absolute Gasteiger partial charge is 0.468 e. The summed E-state index contributed by atoms with van der Waals surface area (Å²) in [5, 5.41) is 4.79. The molecule has 0 radical (unpaired) electrons. The van der Waals surface area contributed by atoms with Gasteiger partial charge in [0, 0.05) is 40.3 Å². The molecule has 2 unspecified atom stereocenters. The Labute approximate surface area is 217 Å². The van der Waals surface area contributed by atoms with Crippen LogP contribution >= 0.6 is 22.9 Å². The van der Waals surface area contributed by atoms with Gasteiger partial charge in [-0.05, 0) is 37.1 Å². The average molecular weight is 530 g/mol. The second-order valence-electron chi connectivity index (χ2n) is 9.48. The predicted molar refractivity (Wildman–Crippen MR) is 137 cm³/mol. The predicted octanol–water partition coefficient (Wildman–Crippen LogP) is 3.06. The van der Waals surface area contributed by atoms with E-state index in [0.717, 1.165) is 34.3 Å². The molecule has 1 amide bonds. The highest BCUT2D eigenvalue weighted by Crippen LogP contribution is 2.32. The van der Waals surface area contributed by atoms with Crippen LogP contribution < -0.4 is 11.1 Å². The van der Waals surface area contributed by atoms with Gasteiger partial charge in [-0.25, -0.2) is 4.98 Å². The number of methoxy groups -OCH3 is 1. The van der Waals surface area contributed by atoms with Crippen LogP contribution in [0.3, 0.4) is 0 Å². The van der Waals surface area contributed by atoms with Crippen molar-refractivity contribution in [3.05, 3.63) is 50.6 Å². The average Bonchev–Trinajstić information content (AvgIpc) is 3.48. The van der Waals surface area contributed by atoms with Gasteiger partial charge in [-0.1, -0.05) is 24.4 Å². The summed E-state index contributed by atoms with van der Waals surface area (Å²) in [6, 6.07) is 6.63. The highest BCUT2D eigenvalue weighted by molar-refractivity contribution is 7.13. The van der Waals surface area contributed by atoms with Crippen LogP contribution in [0.5, 0.6) is 0 Å². The summed E-state index contributed by atoms with van der Waals surface area (Å²) >= 11 is 7.42. The van der Waals surface area contributed by atoms with Gasteiger partial charge in [-0.15, -0.1) is 11.3 Å². The second-order valence-corrected chi connectivity index (χ2v) is 11.0. The number of nitrogens with zero attached hydrogens (tertiary/aromatic N) is 2. The molecule has 36 heavy (non-hydrogen) atoms. The molecule has 190 valence electrons. The Balaban J connectivity index is 1.32. The normalized spacial score (nSPS) is 22.2. The number of amides is 1. The lowest BCUT2D eigenvalue weighted by Gasteiger charge is -2.39. The summed E-state index contributed by atoms with van der Waals surface area (Å²) in [6.07, 6.45) is 3.42. The van der Waals surface area contributed by atoms with Crippen LogP contribution in [-0.2, 0) is 22.5 Å². The zero-order valence-corrected chi connectivity index (χ0v) is 21.5. The number of esters is 1. The minimum Gasteiger partial charge on any atom is -0.468 e. The van der Waals surface area contributed by atoms with Crippen LogP contribution in [0, 0.1) is 0 Å². The summed E-state index contributed by atoms with van der Waals surface area (Å²) in [6.45, 7) is 1.42. The van der Waals surface area contributed by atoms with Gasteiger partial charge in [0.25, 0.3) is 5.91 Å². The fourth-order valence-electron chi connectivity index (χ4n) is 5.09. The van der Waals surface area contributed by atoms with Crippen molar-refractivity contribution in [3.8, 4) is 0 Å². The third kappa shape index (κ3) is 4.78. The summed E-state index contributed by atoms with van der Waals surface area (Å²) in [5.74, 6) is -0.844. The van der Waals surface area contributed by atoms with Crippen LogP contribution in [0.25, 0.3) is 10.9 Å². The van der Waals surface area contributed by atoms with Gasteiger partial charge < -0.3 is 20.8 Å². The number of benzene rings is 1. The van der Waals surface area contributed by atoms with Crippen LogP contribution in [0.4, 0.5) is 0 Å². The molecule has 0 bridgehead atoms. The molecule has 5 rings (SSSR count). The molecule has 1 aliphatic carbocycles. The van der Waals surface area contributed by atoms with E-state index in [1.807, 2.05) is 11.0 Å². The number of carbonyl (C=O) groups excluding carboxylic acids is 3. The van der Waals surface area contributed by atoms with E-state index in [2.05, 4.69) is 15.3 Å². The number of Topliss-reactive ketones (excluding diaryl/α,β-unsaturated/α-hetero) is 1. The van der Waals surface area contributed by atoms with Crippen LogP contribution in [0.2, 0.25) is 5.02 Å². The number of ketones is 1.